The van der Waals surface area contributed by atoms with Gasteiger partial charge in [-0.1, -0.05) is 20.3 Å². The number of esters is 1. The third kappa shape index (κ3) is 8.47. The van der Waals surface area contributed by atoms with E-state index in [1.807, 2.05) is 13.8 Å². The zero-order chi connectivity index (χ0) is 28.7. The molecule has 0 unspecified atom stereocenters. The van der Waals surface area contributed by atoms with Crippen molar-refractivity contribution in [3.63, 3.8) is 0 Å². The first-order valence-electron chi connectivity index (χ1n) is 13.1. The fourth-order valence-corrected chi connectivity index (χ4v) is 4.29. The van der Waals surface area contributed by atoms with Gasteiger partial charge in [0.2, 0.25) is 0 Å². The first-order valence-corrected chi connectivity index (χ1v) is 13.1. The molecule has 39 heavy (non-hydrogen) atoms. The second-order valence-corrected chi connectivity index (χ2v) is 10.6. The third-order valence-electron chi connectivity index (χ3n) is 6.15. The zero-order valence-electron chi connectivity index (χ0n) is 23.1. The molecule has 0 saturated carbocycles. The predicted molar refractivity (Wildman–Crippen MR) is 145 cm³/mol. The van der Waals surface area contributed by atoms with E-state index in [1.54, 1.807) is 25.7 Å². The van der Waals surface area contributed by atoms with Crippen LogP contribution in [0.4, 0.5) is 31.9 Å². The lowest BCUT2D eigenvalue weighted by Crippen LogP contribution is -2.37. The summed E-state index contributed by atoms with van der Waals surface area (Å²) in [6.07, 6.45) is 2.92. The lowest BCUT2D eigenvalue weighted by atomic mass is 9.94. The summed E-state index contributed by atoms with van der Waals surface area (Å²) < 4.78 is 40.7. The molecular formula is C27H38F2N6O4. The molecule has 214 valence electrons. The first kappa shape index (κ1) is 30.0. The molecule has 0 aliphatic carbocycles. The molecule has 0 aromatic carbocycles. The first-order chi connectivity index (χ1) is 18.4. The molecule has 2 aromatic heterocycles. The number of nitrogens with zero attached hydrogens (tertiary/aromatic N) is 3. The number of amides is 1. The average Bonchev–Trinajstić information content (AvgIpc) is 2.84. The second-order valence-electron chi connectivity index (χ2n) is 10.6. The molecule has 1 fully saturated rings. The summed E-state index contributed by atoms with van der Waals surface area (Å²) in [5, 5.41) is 5.92. The van der Waals surface area contributed by atoms with Gasteiger partial charge in [0.15, 0.2) is 23.3 Å². The number of carbonyl (C=O) groups excluding carboxylic acids is 2. The van der Waals surface area contributed by atoms with Gasteiger partial charge in [0, 0.05) is 25.2 Å². The van der Waals surface area contributed by atoms with Gasteiger partial charge >= 0.3 is 5.97 Å². The number of carbonyl (C=O) groups is 2. The predicted octanol–water partition coefficient (Wildman–Crippen LogP) is 4.38. The Morgan fingerprint density at radius 1 is 1.18 bits per heavy atom. The Balaban J connectivity index is 1.84. The van der Waals surface area contributed by atoms with Crippen molar-refractivity contribution in [1.29, 1.82) is 0 Å². The quantitative estimate of drug-likeness (QED) is 0.350. The van der Waals surface area contributed by atoms with E-state index in [2.05, 4.69) is 20.6 Å². The van der Waals surface area contributed by atoms with Crippen molar-refractivity contribution in [2.45, 2.75) is 65.5 Å². The van der Waals surface area contributed by atoms with Gasteiger partial charge in [0.1, 0.15) is 11.4 Å². The summed E-state index contributed by atoms with van der Waals surface area (Å²) in [4.78, 5) is 34.7. The van der Waals surface area contributed by atoms with Gasteiger partial charge in [0.05, 0.1) is 37.1 Å². The minimum Gasteiger partial charge on any atom is -0.460 e. The molecular weight excluding hydrogens is 510 g/mol. The lowest BCUT2D eigenvalue weighted by molar-refractivity contribution is -0.155. The normalized spacial score (nSPS) is 15.4. The van der Waals surface area contributed by atoms with Crippen LogP contribution in [0, 0.1) is 17.6 Å². The summed E-state index contributed by atoms with van der Waals surface area (Å²) in [6.45, 7) is 11.2. The number of anilines is 4. The van der Waals surface area contributed by atoms with Crippen LogP contribution < -0.4 is 21.3 Å². The maximum Gasteiger partial charge on any atom is 0.306 e. The Kier molecular flexibility index (Phi) is 10.0. The number of ether oxygens (including phenoxy) is 2. The Bertz CT molecular complexity index is 1170. The van der Waals surface area contributed by atoms with Crippen molar-refractivity contribution in [3.05, 3.63) is 35.5 Å². The van der Waals surface area contributed by atoms with Crippen LogP contribution in [-0.4, -0.2) is 59.8 Å². The van der Waals surface area contributed by atoms with Crippen LogP contribution >= 0.6 is 0 Å². The molecule has 3 heterocycles. The highest BCUT2D eigenvalue weighted by Gasteiger charge is 2.26. The molecule has 3 rings (SSSR count). The molecule has 1 amide bonds. The highest BCUT2D eigenvalue weighted by atomic mass is 19.1. The van der Waals surface area contributed by atoms with Crippen LogP contribution in [0.1, 0.15) is 64.2 Å². The number of hydrogen-bond donors (Lipinski definition) is 3. The van der Waals surface area contributed by atoms with Gasteiger partial charge in [0.25, 0.3) is 5.91 Å². The van der Waals surface area contributed by atoms with E-state index in [1.165, 1.54) is 12.3 Å². The molecule has 0 radical (unpaired) electrons. The number of pyridine rings is 2. The van der Waals surface area contributed by atoms with E-state index in [0.717, 1.165) is 12.5 Å². The standard InChI is InChI=1S/C27H38F2N6O4/c1-6-7-21(16(2)12-22(36)39-27(3,4)5)33-25-19(28)14-18(23(30)37)24(34-25)32-17-13-20(29)26(31-15-17)35-8-10-38-11-9-35/h13-16,21H,6-12H2,1-5H3,(H2,30,37)(H2,32,33,34)/t16-,21-/m1/s1. The van der Waals surface area contributed by atoms with E-state index >= 15 is 4.39 Å². The lowest BCUT2D eigenvalue weighted by Gasteiger charge is -2.28. The molecule has 0 spiro atoms. The van der Waals surface area contributed by atoms with Crippen LogP contribution in [0.5, 0.6) is 0 Å². The fourth-order valence-electron chi connectivity index (χ4n) is 4.29. The van der Waals surface area contributed by atoms with Gasteiger partial charge in [-0.15, -0.1) is 0 Å². The smallest absolute Gasteiger partial charge is 0.306 e. The summed E-state index contributed by atoms with van der Waals surface area (Å²) >= 11 is 0. The summed E-state index contributed by atoms with van der Waals surface area (Å²) in [6, 6.07) is 1.89. The van der Waals surface area contributed by atoms with Gasteiger partial charge in [-0.25, -0.2) is 18.7 Å². The fraction of sp³-hybridized carbons (Fsp3) is 0.556. The number of morpholine rings is 1. The van der Waals surface area contributed by atoms with Gasteiger partial charge in [-0.2, -0.15) is 0 Å². The summed E-state index contributed by atoms with van der Waals surface area (Å²) in [5.41, 5.74) is 4.87. The summed E-state index contributed by atoms with van der Waals surface area (Å²) in [5.74, 6) is -2.81. The van der Waals surface area contributed by atoms with Crippen LogP contribution in [-0.2, 0) is 14.3 Å². The number of nitrogens with one attached hydrogen (secondary N) is 2. The molecule has 2 atom stereocenters. The van der Waals surface area contributed by atoms with Crippen molar-refractivity contribution in [3.8, 4) is 0 Å². The number of rotatable bonds is 11. The minimum atomic E-state index is -0.905. The maximum absolute atomic E-state index is 15.1. The number of nitrogens with two attached hydrogens (primary N) is 1. The van der Waals surface area contributed by atoms with E-state index in [9.17, 15) is 14.0 Å². The second kappa shape index (κ2) is 13.0. The Morgan fingerprint density at radius 2 is 1.87 bits per heavy atom. The van der Waals surface area contributed by atoms with Crippen molar-refractivity contribution in [1.82, 2.24) is 9.97 Å². The Hall–Kier alpha value is -3.54. The largest absolute Gasteiger partial charge is 0.460 e. The number of hydrogen-bond acceptors (Lipinski definition) is 9. The van der Waals surface area contributed by atoms with E-state index in [4.69, 9.17) is 15.2 Å². The molecule has 12 heteroatoms. The third-order valence-corrected chi connectivity index (χ3v) is 6.15. The Labute approximate surface area is 227 Å². The van der Waals surface area contributed by atoms with Gasteiger partial charge in [-0.05, 0) is 39.2 Å². The highest BCUT2D eigenvalue weighted by Crippen LogP contribution is 2.28. The van der Waals surface area contributed by atoms with Crippen LogP contribution in [0.3, 0.4) is 0 Å². The van der Waals surface area contributed by atoms with Crippen molar-refractivity contribution in [2.75, 3.05) is 41.8 Å². The number of aromatic nitrogens is 2. The molecule has 1 aliphatic heterocycles. The van der Waals surface area contributed by atoms with Gasteiger partial charge < -0.3 is 30.7 Å². The van der Waals surface area contributed by atoms with Gasteiger partial charge in [-0.3, -0.25) is 9.59 Å². The topological polar surface area (TPSA) is 132 Å². The number of halogens is 2. The molecule has 10 nitrogen and oxygen atoms in total. The maximum atomic E-state index is 15.1. The van der Waals surface area contributed by atoms with Crippen molar-refractivity contribution in [2.24, 2.45) is 11.7 Å². The monoisotopic (exact) mass is 548 g/mol. The van der Waals surface area contributed by atoms with Crippen molar-refractivity contribution >= 4 is 35.0 Å². The van der Waals surface area contributed by atoms with Crippen LogP contribution in [0.15, 0.2) is 18.3 Å². The molecule has 1 aliphatic rings. The van der Waals surface area contributed by atoms with Crippen molar-refractivity contribution < 1.29 is 27.8 Å². The highest BCUT2D eigenvalue weighted by molar-refractivity contribution is 5.98. The summed E-state index contributed by atoms with van der Waals surface area (Å²) in [7, 11) is 0. The molecule has 4 N–H and O–H groups in total. The van der Waals surface area contributed by atoms with E-state index in [0.29, 0.717) is 32.7 Å². The minimum absolute atomic E-state index is 0.0539. The van der Waals surface area contributed by atoms with E-state index in [-0.39, 0.29) is 53.1 Å². The average molecular weight is 549 g/mol. The molecule has 2 aromatic rings. The number of primary amides is 1. The van der Waals surface area contributed by atoms with Crippen LogP contribution in [0.2, 0.25) is 0 Å². The Morgan fingerprint density at radius 3 is 2.46 bits per heavy atom. The molecule has 0 bridgehead atoms. The van der Waals surface area contributed by atoms with Crippen LogP contribution in [0.25, 0.3) is 0 Å². The van der Waals surface area contributed by atoms with E-state index < -0.39 is 23.1 Å². The SMILES string of the molecule is CCC[C@@H](Nc1nc(Nc2cnc(N3CCOCC3)c(F)c2)c(C(N)=O)cc1F)[C@H](C)CC(=O)OC(C)(C)C. The molecule has 1 saturated heterocycles. The zero-order valence-corrected chi connectivity index (χ0v) is 23.1.